The van der Waals surface area contributed by atoms with Gasteiger partial charge in [-0.2, -0.15) is 5.10 Å². The third-order valence-electron chi connectivity index (χ3n) is 2.12. The van der Waals surface area contributed by atoms with Crippen LogP contribution in [0.15, 0.2) is 29.4 Å². The summed E-state index contributed by atoms with van der Waals surface area (Å²) in [5.74, 6) is -0.236. The number of anilines is 1. The summed E-state index contributed by atoms with van der Waals surface area (Å²) in [5.41, 5.74) is 8.25. The van der Waals surface area contributed by atoms with Gasteiger partial charge in [-0.15, -0.1) is 10.2 Å². The monoisotopic (exact) mass is 277 g/mol. The third kappa shape index (κ3) is 3.75. The fraction of sp³-hybridized carbons (Fsp3) is 0.0909. The number of rotatable bonds is 4. The number of hydrogen-bond acceptors (Lipinski definition) is 7. The largest absolute Gasteiger partial charge is 0.507 e. The minimum atomic E-state index is -0.331. The van der Waals surface area contributed by atoms with Crippen molar-refractivity contribution in [3.05, 3.63) is 34.8 Å². The Morgan fingerprint density at radius 3 is 2.95 bits per heavy atom. The van der Waals surface area contributed by atoms with Gasteiger partial charge in [0.1, 0.15) is 10.8 Å². The van der Waals surface area contributed by atoms with Gasteiger partial charge < -0.3 is 10.8 Å². The van der Waals surface area contributed by atoms with Crippen LogP contribution in [0.3, 0.4) is 0 Å². The Balaban J connectivity index is 1.88. The Kier molecular flexibility index (Phi) is 4.04. The molecule has 0 bridgehead atoms. The van der Waals surface area contributed by atoms with Gasteiger partial charge >= 0.3 is 0 Å². The van der Waals surface area contributed by atoms with Crippen LogP contribution in [0.5, 0.6) is 5.75 Å². The van der Waals surface area contributed by atoms with Crippen LogP contribution in [-0.2, 0) is 11.2 Å². The molecule has 0 fully saturated rings. The number of nitrogens with zero attached hydrogens (tertiary/aromatic N) is 3. The number of carbonyl (C=O) groups is 1. The molecule has 2 rings (SSSR count). The van der Waals surface area contributed by atoms with Gasteiger partial charge in [-0.25, -0.2) is 5.43 Å². The van der Waals surface area contributed by atoms with Crippen LogP contribution < -0.4 is 11.2 Å². The Bertz CT molecular complexity index is 611. The molecule has 0 unspecified atom stereocenters. The van der Waals surface area contributed by atoms with Crippen LogP contribution in [0.1, 0.15) is 10.6 Å². The van der Waals surface area contributed by atoms with E-state index in [0.29, 0.717) is 15.7 Å². The van der Waals surface area contributed by atoms with E-state index in [1.807, 2.05) is 0 Å². The molecule has 98 valence electrons. The van der Waals surface area contributed by atoms with Crippen LogP contribution in [-0.4, -0.2) is 27.4 Å². The van der Waals surface area contributed by atoms with E-state index in [-0.39, 0.29) is 18.1 Å². The molecule has 0 aliphatic rings. The van der Waals surface area contributed by atoms with Gasteiger partial charge in [0.15, 0.2) is 0 Å². The number of benzene rings is 1. The average molecular weight is 277 g/mol. The number of hydrazone groups is 1. The lowest BCUT2D eigenvalue weighted by atomic mass is 10.2. The van der Waals surface area contributed by atoms with Gasteiger partial charge in [0, 0.05) is 5.56 Å². The van der Waals surface area contributed by atoms with Gasteiger partial charge in [-0.3, -0.25) is 4.79 Å². The van der Waals surface area contributed by atoms with E-state index in [0.717, 1.165) is 11.3 Å². The van der Waals surface area contributed by atoms with Gasteiger partial charge in [0.2, 0.25) is 11.0 Å². The zero-order chi connectivity index (χ0) is 13.7. The summed E-state index contributed by atoms with van der Waals surface area (Å²) in [5, 5.41) is 21.4. The normalized spacial score (nSPS) is 10.7. The fourth-order valence-electron chi connectivity index (χ4n) is 1.29. The summed E-state index contributed by atoms with van der Waals surface area (Å²) in [6.07, 6.45) is 1.43. The van der Waals surface area contributed by atoms with E-state index in [1.165, 1.54) is 12.3 Å². The number of amides is 1. The first-order valence-corrected chi connectivity index (χ1v) is 6.14. The Morgan fingerprint density at radius 2 is 2.26 bits per heavy atom. The van der Waals surface area contributed by atoms with Crippen molar-refractivity contribution in [3.8, 4) is 5.75 Å². The van der Waals surface area contributed by atoms with Crippen LogP contribution >= 0.6 is 11.3 Å². The highest BCUT2D eigenvalue weighted by atomic mass is 32.1. The maximum absolute atomic E-state index is 11.5. The number of aromatic hydroxyl groups is 1. The maximum Gasteiger partial charge on any atom is 0.247 e. The number of para-hydroxylation sites is 1. The van der Waals surface area contributed by atoms with E-state index in [1.54, 1.807) is 18.2 Å². The number of phenols is 1. The first kappa shape index (κ1) is 13.0. The quantitative estimate of drug-likeness (QED) is 0.557. The molecule has 0 aliphatic heterocycles. The summed E-state index contributed by atoms with van der Waals surface area (Å²) in [7, 11) is 0. The standard InChI is InChI=1S/C11H11N5O2S/c12-11-16-15-10(19-11)5-9(18)14-13-6-7-3-1-2-4-8(7)17/h1-4,6,17H,5H2,(H2,12,16)(H,14,18). The second kappa shape index (κ2) is 5.91. The summed E-state index contributed by atoms with van der Waals surface area (Å²) < 4.78 is 0. The molecular weight excluding hydrogens is 266 g/mol. The average Bonchev–Trinajstić information content (AvgIpc) is 2.77. The molecule has 0 spiro atoms. The molecule has 8 heteroatoms. The SMILES string of the molecule is Nc1nnc(CC(=O)NN=Cc2ccccc2O)s1. The topological polar surface area (TPSA) is 113 Å². The second-order valence-corrected chi connectivity index (χ2v) is 4.66. The van der Waals surface area contributed by atoms with Crippen molar-refractivity contribution in [3.63, 3.8) is 0 Å². The smallest absolute Gasteiger partial charge is 0.247 e. The van der Waals surface area contributed by atoms with Gasteiger partial charge in [-0.05, 0) is 12.1 Å². The minimum absolute atomic E-state index is 0.0625. The van der Waals surface area contributed by atoms with Crippen molar-refractivity contribution in [1.82, 2.24) is 15.6 Å². The van der Waals surface area contributed by atoms with Gasteiger partial charge in [0.05, 0.1) is 12.6 Å². The molecule has 7 nitrogen and oxygen atoms in total. The van der Waals surface area contributed by atoms with E-state index >= 15 is 0 Å². The number of nitrogens with two attached hydrogens (primary N) is 1. The molecule has 1 heterocycles. The van der Waals surface area contributed by atoms with E-state index in [4.69, 9.17) is 5.73 Å². The van der Waals surface area contributed by atoms with E-state index in [2.05, 4.69) is 20.7 Å². The number of carbonyl (C=O) groups excluding carboxylic acids is 1. The lowest BCUT2D eigenvalue weighted by Crippen LogP contribution is -2.19. The predicted octanol–water partition coefficient (Wildman–Crippen LogP) is 0.519. The van der Waals surface area contributed by atoms with E-state index in [9.17, 15) is 9.90 Å². The van der Waals surface area contributed by atoms with Crippen LogP contribution in [0, 0.1) is 0 Å². The lowest BCUT2D eigenvalue weighted by Gasteiger charge is -1.98. The summed E-state index contributed by atoms with van der Waals surface area (Å²) in [6, 6.07) is 6.67. The lowest BCUT2D eigenvalue weighted by molar-refractivity contribution is -0.120. The molecule has 1 aromatic carbocycles. The first-order chi connectivity index (χ1) is 9.15. The molecular formula is C11H11N5O2S. The van der Waals surface area contributed by atoms with E-state index < -0.39 is 0 Å². The molecule has 0 aliphatic carbocycles. The molecule has 0 saturated heterocycles. The van der Waals surface area contributed by atoms with Crippen molar-refractivity contribution in [2.45, 2.75) is 6.42 Å². The summed E-state index contributed by atoms with van der Waals surface area (Å²) >= 11 is 1.15. The molecule has 1 amide bonds. The number of nitrogens with one attached hydrogen (secondary N) is 1. The summed E-state index contributed by atoms with van der Waals surface area (Å²) in [6.45, 7) is 0. The van der Waals surface area contributed by atoms with Crippen molar-refractivity contribution in [2.75, 3.05) is 5.73 Å². The van der Waals surface area contributed by atoms with Crippen LogP contribution in [0.4, 0.5) is 5.13 Å². The Hall–Kier alpha value is -2.48. The number of phenolic OH excluding ortho intramolecular Hbond substituents is 1. The highest BCUT2D eigenvalue weighted by Gasteiger charge is 2.07. The van der Waals surface area contributed by atoms with Crippen molar-refractivity contribution in [2.24, 2.45) is 5.10 Å². The van der Waals surface area contributed by atoms with Crippen LogP contribution in [0.25, 0.3) is 0 Å². The second-order valence-electron chi connectivity index (χ2n) is 3.56. The molecule has 0 atom stereocenters. The highest BCUT2D eigenvalue weighted by Crippen LogP contribution is 2.13. The number of hydrogen-bond donors (Lipinski definition) is 3. The van der Waals surface area contributed by atoms with Gasteiger partial charge in [-0.1, -0.05) is 23.5 Å². The van der Waals surface area contributed by atoms with Crippen molar-refractivity contribution in [1.29, 1.82) is 0 Å². The number of nitrogen functional groups attached to an aromatic ring is 1. The number of aromatic nitrogens is 2. The fourth-order valence-corrected chi connectivity index (χ4v) is 1.89. The van der Waals surface area contributed by atoms with Crippen molar-refractivity contribution >= 4 is 28.6 Å². The predicted molar refractivity (Wildman–Crippen MR) is 71.9 cm³/mol. The highest BCUT2D eigenvalue weighted by molar-refractivity contribution is 7.15. The molecule has 2 aromatic rings. The molecule has 19 heavy (non-hydrogen) atoms. The summed E-state index contributed by atoms with van der Waals surface area (Å²) in [4.78, 5) is 11.5. The van der Waals surface area contributed by atoms with Crippen molar-refractivity contribution < 1.29 is 9.90 Å². The zero-order valence-corrected chi connectivity index (χ0v) is 10.6. The first-order valence-electron chi connectivity index (χ1n) is 5.33. The van der Waals surface area contributed by atoms with Gasteiger partial charge in [0.25, 0.3) is 0 Å². The van der Waals surface area contributed by atoms with Crippen LogP contribution in [0.2, 0.25) is 0 Å². The minimum Gasteiger partial charge on any atom is -0.507 e. The molecule has 1 aromatic heterocycles. The molecule has 4 N–H and O–H groups in total. The Morgan fingerprint density at radius 1 is 1.47 bits per heavy atom. The zero-order valence-electron chi connectivity index (χ0n) is 9.78. The Labute approximate surface area is 112 Å². The molecule has 0 saturated carbocycles. The maximum atomic E-state index is 11.5. The third-order valence-corrected chi connectivity index (χ3v) is 2.88. The molecule has 0 radical (unpaired) electrons.